The molecule has 1 atom stereocenters. The summed E-state index contributed by atoms with van der Waals surface area (Å²) in [5.74, 6) is -0.590. The maximum Gasteiger partial charge on any atom is 0.261 e. The van der Waals surface area contributed by atoms with E-state index in [0.717, 1.165) is 6.42 Å². The molecular weight excluding hydrogens is 374 g/mol. The predicted octanol–water partition coefficient (Wildman–Crippen LogP) is 3.29. The average Bonchev–Trinajstić information content (AvgIpc) is 3.27. The first kappa shape index (κ1) is 18.4. The molecule has 3 rings (SSSR count). The molecule has 136 valence electrons. The van der Waals surface area contributed by atoms with E-state index in [1.807, 2.05) is 0 Å². The summed E-state index contributed by atoms with van der Waals surface area (Å²) in [6, 6.07) is 7.79. The standard InChI is InChI=1S/C18H18ClN3O3S/c1-11(20-18(25)15-4-3-9-26-15)17(24)21-12-6-7-14(13(19)10-12)22-8-2-5-16(22)23/h3-4,6-7,9-11H,2,5,8H2,1H3,(H,20,25)(H,21,24). The smallest absolute Gasteiger partial charge is 0.261 e. The van der Waals surface area contributed by atoms with Gasteiger partial charge in [0.05, 0.1) is 15.6 Å². The Balaban J connectivity index is 1.63. The number of thiophene rings is 1. The van der Waals surface area contributed by atoms with E-state index in [2.05, 4.69) is 10.6 Å². The van der Waals surface area contributed by atoms with E-state index in [1.165, 1.54) is 11.3 Å². The number of hydrogen-bond acceptors (Lipinski definition) is 4. The summed E-state index contributed by atoms with van der Waals surface area (Å²) >= 11 is 7.59. The first-order chi connectivity index (χ1) is 12.5. The van der Waals surface area contributed by atoms with E-state index in [1.54, 1.807) is 47.5 Å². The van der Waals surface area contributed by atoms with Crippen LogP contribution in [0, 0.1) is 0 Å². The number of amides is 3. The van der Waals surface area contributed by atoms with Crippen molar-refractivity contribution in [1.29, 1.82) is 0 Å². The van der Waals surface area contributed by atoms with Crippen LogP contribution < -0.4 is 15.5 Å². The quantitative estimate of drug-likeness (QED) is 0.820. The minimum atomic E-state index is -0.705. The molecule has 0 spiro atoms. The third kappa shape index (κ3) is 4.05. The van der Waals surface area contributed by atoms with Crippen molar-refractivity contribution in [2.24, 2.45) is 0 Å². The molecule has 0 saturated carbocycles. The van der Waals surface area contributed by atoms with Gasteiger partial charge in [0, 0.05) is 18.7 Å². The van der Waals surface area contributed by atoms with Crippen LogP contribution in [0.1, 0.15) is 29.4 Å². The van der Waals surface area contributed by atoms with Gasteiger partial charge in [-0.25, -0.2) is 0 Å². The average molecular weight is 392 g/mol. The van der Waals surface area contributed by atoms with E-state index in [9.17, 15) is 14.4 Å². The Morgan fingerprint density at radius 2 is 2.12 bits per heavy atom. The van der Waals surface area contributed by atoms with Gasteiger partial charge in [-0.2, -0.15) is 0 Å². The van der Waals surface area contributed by atoms with Crippen LogP contribution in [0.25, 0.3) is 0 Å². The SMILES string of the molecule is CC(NC(=O)c1cccs1)C(=O)Nc1ccc(N2CCCC2=O)c(Cl)c1. The number of hydrogen-bond donors (Lipinski definition) is 2. The number of rotatable bonds is 5. The highest BCUT2D eigenvalue weighted by atomic mass is 35.5. The van der Waals surface area contributed by atoms with E-state index in [4.69, 9.17) is 11.6 Å². The van der Waals surface area contributed by atoms with Crippen LogP contribution in [-0.2, 0) is 9.59 Å². The fourth-order valence-electron chi connectivity index (χ4n) is 2.70. The van der Waals surface area contributed by atoms with E-state index in [-0.39, 0.29) is 17.7 Å². The Morgan fingerprint density at radius 3 is 2.73 bits per heavy atom. The van der Waals surface area contributed by atoms with Crippen LogP contribution in [0.3, 0.4) is 0 Å². The first-order valence-corrected chi connectivity index (χ1v) is 9.46. The van der Waals surface area contributed by atoms with Gasteiger partial charge in [0.1, 0.15) is 6.04 Å². The van der Waals surface area contributed by atoms with Crippen LogP contribution in [0.5, 0.6) is 0 Å². The van der Waals surface area contributed by atoms with Gasteiger partial charge in [0.25, 0.3) is 5.91 Å². The maximum absolute atomic E-state index is 12.3. The van der Waals surface area contributed by atoms with E-state index >= 15 is 0 Å². The topological polar surface area (TPSA) is 78.5 Å². The molecule has 1 aromatic carbocycles. The van der Waals surface area contributed by atoms with Crippen molar-refractivity contribution < 1.29 is 14.4 Å². The number of carbonyl (C=O) groups excluding carboxylic acids is 3. The fourth-order valence-corrected chi connectivity index (χ4v) is 3.61. The molecule has 0 bridgehead atoms. The molecule has 6 nitrogen and oxygen atoms in total. The minimum absolute atomic E-state index is 0.0496. The molecule has 1 fully saturated rings. The largest absolute Gasteiger partial charge is 0.340 e. The molecule has 3 amide bonds. The molecule has 1 unspecified atom stereocenters. The van der Waals surface area contributed by atoms with Gasteiger partial charge in [0.15, 0.2) is 0 Å². The van der Waals surface area contributed by atoms with Crippen LogP contribution in [-0.4, -0.2) is 30.3 Å². The van der Waals surface area contributed by atoms with Gasteiger partial charge in [0.2, 0.25) is 11.8 Å². The lowest BCUT2D eigenvalue weighted by molar-refractivity contribution is -0.118. The van der Waals surface area contributed by atoms with Gasteiger partial charge < -0.3 is 15.5 Å². The first-order valence-electron chi connectivity index (χ1n) is 8.21. The normalized spacial score (nSPS) is 15.0. The molecule has 1 aromatic heterocycles. The van der Waals surface area contributed by atoms with E-state index < -0.39 is 6.04 Å². The predicted molar refractivity (Wildman–Crippen MR) is 103 cm³/mol. The molecular formula is C18H18ClN3O3S. The van der Waals surface area contributed by atoms with Crippen molar-refractivity contribution in [2.45, 2.75) is 25.8 Å². The number of carbonyl (C=O) groups is 3. The molecule has 2 N–H and O–H groups in total. The Kier molecular flexibility index (Phi) is 5.58. The Hall–Kier alpha value is -2.38. The lowest BCUT2D eigenvalue weighted by Crippen LogP contribution is -2.41. The second-order valence-corrected chi connectivity index (χ2v) is 7.33. The Bertz CT molecular complexity index is 838. The number of benzene rings is 1. The van der Waals surface area contributed by atoms with Crippen molar-refractivity contribution in [1.82, 2.24) is 5.32 Å². The van der Waals surface area contributed by atoms with Gasteiger partial charge in [-0.05, 0) is 43.0 Å². The Morgan fingerprint density at radius 1 is 1.31 bits per heavy atom. The van der Waals surface area contributed by atoms with Crippen molar-refractivity contribution in [3.8, 4) is 0 Å². The number of nitrogens with one attached hydrogen (secondary N) is 2. The number of nitrogens with zero attached hydrogens (tertiary/aromatic N) is 1. The highest BCUT2D eigenvalue weighted by molar-refractivity contribution is 7.12. The second kappa shape index (κ2) is 7.88. The summed E-state index contributed by atoms with van der Waals surface area (Å²) in [5, 5.41) is 7.57. The van der Waals surface area contributed by atoms with Gasteiger partial charge in [-0.3, -0.25) is 14.4 Å². The maximum atomic E-state index is 12.3. The van der Waals surface area contributed by atoms with Crippen LogP contribution in [0.2, 0.25) is 5.02 Å². The van der Waals surface area contributed by atoms with Gasteiger partial charge in [-0.15, -0.1) is 11.3 Å². The molecule has 2 heterocycles. The molecule has 1 saturated heterocycles. The zero-order valence-corrected chi connectivity index (χ0v) is 15.7. The van der Waals surface area contributed by atoms with E-state index in [0.29, 0.717) is 34.2 Å². The summed E-state index contributed by atoms with van der Waals surface area (Å²) in [6.45, 7) is 2.26. The lowest BCUT2D eigenvalue weighted by Gasteiger charge is -2.19. The highest BCUT2D eigenvalue weighted by Gasteiger charge is 2.24. The summed E-state index contributed by atoms with van der Waals surface area (Å²) in [7, 11) is 0. The molecule has 8 heteroatoms. The molecule has 2 aromatic rings. The van der Waals surface area contributed by atoms with Crippen molar-refractivity contribution in [3.05, 3.63) is 45.6 Å². The number of halogens is 1. The fraction of sp³-hybridized carbons (Fsp3) is 0.278. The van der Waals surface area contributed by atoms with Crippen molar-refractivity contribution >= 4 is 52.0 Å². The Labute approximate surface area is 160 Å². The third-order valence-electron chi connectivity index (χ3n) is 4.07. The van der Waals surface area contributed by atoms with Gasteiger partial charge >= 0.3 is 0 Å². The molecule has 1 aliphatic heterocycles. The molecule has 1 aliphatic rings. The molecule has 26 heavy (non-hydrogen) atoms. The van der Waals surface area contributed by atoms with Crippen molar-refractivity contribution in [2.75, 3.05) is 16.8 Å². The minimum Gasteiger partial charge on any atom is -0.340 e. The van der Waals surface area contributed by atoms with Gasteiger partial charge in [-0.1, -0.05) is 17.7 Å². The summed E-state index contributed by atoms with van der Waals surface area (Å²) in [4.78, 5) is 38.3. The summed E-state index contributed by atoms with van der Waals surface area (Å²) in [6.07, 6.45) is 1.34. The molecule has 0 aliphatic carbocycles. The second-order valence-electron chi connectivity index (χ2n) is 5.98. The van der Waals surface area contributed by atoms with Crippen LogP contribution in [0.4, 0.5) is 11.4 Å². The zero-order chi connectivity index (χ0) is 18.7. The summed E-state index contributed by atoms with van der Waals surface area (Å²) < 4.78 is 0. The molecule has 0 radical (unpaired) electrons. The highest BCUT2D eigenvalue weighted by Crippen LogP contribution is 2.31. The van der Waals surface area contributed by atoms with Crippen LogP contribution >= 0.6 is 22.9 Å². The summed E-state index contributed by atoms with van der Waals surface area (Å²) in [5.41, 5.74) is 1.15. The monoisotopic (exact) mass is 391 g/mol. The zero-order valence-electron chi connectivity index (χ0n) is 14.1. The van der Waals surface area contributed by atoms with Crippen molar-refractivity contribution in [3.63, 3.8) is 0 Å². The third-order valence-corrected chi connectivity index (χ3v) is 5.24. The number of anilines is 2. The van der Waals surface area contributed by atoms with Crippen LogP contribution in [0.15, 0.2) is 35.7 Å². The lowest BCUT2D eigenvalue weighted by atomic mass is 10.2.